The molecular formula is C11H22F2N2O. The van der Waals surface area contributed by atoms with Gasteiger partial charge in [0.15, 0.2) is 0 Å². The summed E-state index contributed by atoms with van der Waals surface area (Å²) in [5.74, 6) is 0.144. The Morgan fingerprint density at radius 3 is 2.50 bits per heavy atom. The standard InChI is InChI=1S/C11H22F2N2O/c1-2-3-9(6-7-14)4-5-11(16)15-8-10(12)13/h9-10H,2-8,14H2,1H3,(H,15,16). The van der Waals surface area contributed by atoms with E-state index in [9.17, 15) is 13.6 Å². The molecule has 0 aromatic heterocycles. The van der Waals surface area contributed by atoms with Gasteiger partial charge in [-0.25, -0.2) is 8.78 Å². The predicted octanol–water partition coefficient (Wildman–Crippen LogP) is 1.91. The first-order chi connectivity index (χ1) is 7.60. The van der Waals surface area contributed by atoms with Crippen LogP contribution in [0.15, 0.2) is 0 Å². The predicted molar refractivity (Wildman–Crippen MR) is 60.3 cm³/mol. The number of amides is 1. The zero-order chi connectivity index (χ0) is 12.4. The number of hydrogen-bond acceptors (Lipinski definition) is 2. The Hall–Kier alpha value is -0.710. The van der Waals surface area contributed by atoms with E-state index in [2.05, 4.69) is 12.2 Å². The van der Waals surface area contributed by atoms with Crippen molar-refractivity contribution in [2.75, 3.05) is 13.1 Å². The Morgan fingerprint density at radius 1 is 1.31 bits per heavy atom. The molecule has 96 valence electrons. The van der Waals surface area contributed by atoms with Crippen molar-refractivity contribution in [3.8, 4) is 0 Å². The third-order valence-corrected chi connectivity index (χ3v) is 2.51. The Bertz CT molecular complexity index is 183. The van der Waals surface area contributed by atoms with Crippen LogP contribution in [0, 0.1) is 5.92 Å². The van der Waals surface area contributed by atoms with Crippen molar-refractivity contribution < 1.29 is 13.6 Å². The van der Waals surface area contributed by atoms with E-state index < -0.39 is 13.0 Å². The largest absolute Gasteiger partial charge is 0.350 e. The average molecular weight is 236 g/mol. The molecule has 5 heteroatoms. The lowest BCUT2D eigenvalue weighted by atomic mass is 9.94. The molecule has 0 heterocycles. The highest BCUT2D eigenvalue weighted by Crippen LogP contribution is 2.16. The molecule has 0 aliphatic rings. The van der Waals surface area contributed by atoms with E-state index in [1.807, 2.05) is 0 Å². The fourth-order valence-electron chi connectivity index (χ4n) is 1.69. The molecule has 3 nitrogen and oxygen atoms in total. The van der Waals surface area contributed by atoms with Gasteiger partial charge in [0.25, 0.3) is 6.43 Å². The van der Waals surface area contributed by atoms with Crippen LogP contribution in [-0.4, -0.2) is 25.4 Å². The molecule has 0 spiro atoms. The number of rotatable bonds is 9. The number of carbonyl (C=O) groups is 1. The van der Waals surface area contributed by atoms with Crippen LogP contribution in [0.1, 0.15) is 39.0 Å². The second-order valence-corrected chi connectivity index (χ2v) is 3.97. The van der Waals surface area contributed by atoms with Crippen molar-refractivity contribution in [2.24, 2.45) is 11.7 Å². The maximum atomic E-state index is 11.8. The fraction of sp³-hybridized carbons (Fsp3) is 0.909. The summed E-state index contributed by atoms with van der Waals surface area (Å²) >= 11 is 0. The normalized spacial score (nSPS) is 12.8. The van der Waals surface area contributed by atoms with E-state index in [4.69, 9.17) is 5.73 Å². The lowest BCUT2D eigenvalue weighted by molar-refractivity contribution is -0.122. The van der Waals surface area contributed by atoms with Gasteiger partial charge in [0.2, 0.25) is 5.91 Å². The smallest absolute Gasteiger partial charge is 0.255 e. The molecule has 0 aromatic carbocycles. The van der Waals surface area contributed by atoms with Crippen molar-refractivity contribution >= 4 is 5.91 Å². The maximum absolute atomic E-state index is 11.8. The summed E-state index contributed by atoms with van der Waals surface area (Å²) in [5.41, 5.74) is 5.46. The Balaban J connectivity index is 3.68. The van der Waals surface area contributed by atoms with Gasteiger partial charge in [0, 0.05) is 6.42 Å². The third kappa shape index (κ3) is 8.59. The van der Waals surface area contributed by atoms with E-state index in [0.29, 0.717) is 18.9 Å². The molecule has 16 heavy (non-hydrogen) atoms. The second-order valence-electron chi connectivity index (χ2n) is 3.97. The summed E-state index contributed by atoms with van der Waals surface area (Å²) in [6, 6.07) is 0. The Morgan fingerprint density at radius 2 is 2.00 bits per heavy atom. The van der Waals surface area contributed by atoms with E-state index >= 15 is 0 Å². The molecule has 0 aliphatic carbocycles. The van der Waals surface area contributed by atoms with Crippen LogP contribution in [0.25, 0.3) is 0 Å². The number of carbonyl (C=O) groups excluding carboxylic acids is 1. The van der Waals surface area contributed by atoms with Crippen LogP contribution in [0.2, 0.25) is 0 Å². The molecule has 0 saturated carbocycles. The number of nitrogens with one attached hydrogen (secondary N) is 1. The average Bonchev–Trinajstić information content (AvgIpc) is 2.23. The minimum absolute atomic E-state index is 0.293. The first-order valence-corrected chi connectivity index (χ1v) is 5.85. The third-order valence-electron chi connectivity index (χ3n) is 2.51. The van der Waals surface area contributed by atoms with Gasteiger partial charge in [-0.15, -0.1) is 0 Å². The number of hydrogen-bond donors (Lipinski definition) is 2. The topological polar surface area (TPSA) is 55.1 Å². The molecule has 1 atom stereocenters. The quantitative estimate of drug-likeness (QED) is 0.642. The van der Waals surface area contributed by atoms with Crippen LogP contribution in [0.5, 0.6) is 0 Å². The summed E-state index contributed by atoms with van der Waals surface area (Å²) in [6.45, 7) is 2.15. The summed E-state index contributed by atoms with van der Waals surface area (Å²) in [7, 11) is 0. The van der Waals surface area contributed by atoms with Crippen molar-refractivity contribution in [3.05, 3.63) is 0 Å². The SMILES string of the molecule is CCCC(CCN)CCC(=O)NCC(F)F. The zero-order valence-corrected chi connectivity index (χ0v) is 9.85. The van der Waals surface area contributed by atoms with E-state index in [-0.39, 0.29) is 5.91 Å². The van der Waals surface area contributed by atoms with Crippen LogP contribution < -0.4 is 11.1 Å². The van der Waals surface area contributed by atoms with Gasteiger partial charge in [0.1, 0.15) is 0 Å². The van der Waals surface area contributed by atoms with E-state index in [1.165, 1.54) is 0 Å². The summed E-state index contributed by atoms with van der Waals surface area (Å²) in [6.07, 6.45) is 1.58. The van der Waals surface area contributed by atoms with Crippen molar-refractivity contribution in [2.45, 2.75) is 45.5 Å². The molecule has 0 saturated heterocycles. The number of halogens is 2. The minimum Gasteiger partial charge on any atom is -0.350 e. The molecule has 3 N–H and O–H groups in total. The van der Waals surface area contributed by atoms with Gasteiger partial charge in [-0.3, -0.25) is 4.79 Å². The Labute approximate surface area is 95.8 Å². The van der Waals surface area contributed by atoms with Gasteiger partial charge in [0.05, 0.1) is 6.54 Å². The van der Waals surface area contributed by atoms with Crippen LogP contribution in [0.3, 0.4) is 0 Å². The van der Waals surface area contributed by atoms with Crippen molar-refractivity contribution in [1.82, 2.24) is 5.32 Å². The summed E-state index contributed by atoms with van der Waals surface area (Å²) in [4.78, 5) is 11.2. The van der Waals surface area contributed by atoms with Crippen LogP contribution in [-0.2, 0) is 4.79 Å². The first kappa shape index (κ1) is 15.3. The first-order valence-electron chi connectivity index (χ1n) is 5.85. The van der Waals surface area contributed by atoms with Crippen molar-refractivity contribution in [3.63, 3.8) is 0 Å². The molecule has 0 fully saturated rings. The monoisotopic (exact) mass is 236 g/mol. The molecule has 1 unspecified atom stereocenters. The molecule has 0 rings (SSSR count). The Kier molecular flexibility index (Phi) is 9.09. The second kappa shape index (κ2) is 9.51. The maximum Gasteiger partial charge on any atom is 0.255 e. The van der Waals surface area contributed by atoms with E-state index in [1.54, 1.807) is 0 Å². The number of alkyl halides is 2. The lowest BCUT2D eigenvalue weighted by Gasteiger charge is -2.14. The van der Waals surface area contributed by atoms with Crippen LogP contribution in [0.4, 0.5) is 8.78 Å². The summed E-state index contributed by atoms with van der Waals surface area (Å²) < 4.78 is 23.6. The highest BCUT2D eigenvalue weighted by molar-refractivity contribution is 5.75. The summed E-state index contributed by atoms with van der Waals surface area (Å²) in [5, 5.41) is 2.20. The van der Waals surface area contributed by atoms with Gasteiger partial charge < -0.3 is 11.1 Å². The molecule has 0 bridgehead atoms. The number of nitrogens with two attached hydrogens (primary N) is 1. The van der Waals surface area contributed by atoms with Gasteiger partial charge in [-0.2, -0.15) is 0 Å². The van der Waals surface area contributed by atoms with Gasteiger partial charge in [-0.1, -0.05) is 19.8 Å². The molecule has 1 amide bonds. The minimum atomic E-state index is -2.47. The highest BCUT2D eigenvalue weighted by Gasteiger charge is 2.11. The van der Waals surface area contributed by atoms with E-state index in [0.717, 1.165) is 25.7 Å². The molecule has 0 radical (unpaired) electrons. The molecular weight excluding hydrogens is 214 g/mol. The highest BCUT2D eigenvalue weighted by atomic mass is 19.3. The molecule has 0 aliphatic heterocycles. The van der Waals surface area contributed by atoms with Gasteiger partial charge in [-0.05, 0) is 25.3 Å². The molecule has 0 aromatic rings. The van der Waals surface area contributed by atoms with Crippen LogP contribution >= 0.6 is 0 Å². The zero-order valence-electron chi connectivity index (χ0n) is 9.85. The van der Waals surface area contributed by atoms with Gasteiger partial charge >= 0.3 is 0 Å². The van der Waals surface area contributed by atoms with Crippen molar-refractivity contribution in [1.29, 1.82) is 0 Å². The lowest BCUT2D eigenvalue weighted by Crippen LogP contribution is -2.28. The fourth-order valence-corrected chi connectivity index (χ4v) is 1.69.